The summed E-state index contributed by atoms with van der Waals surface area (Å²) >= 11 is 3.34. The van der Waals surface area contributed by atoms with Crippen LogP contribution in [0.1, 0.15) is 23.2 Å². The van der Waals surface area contributed by atoms with Crippen LogP contribution in [0.3, 0.4) is 0 Å². The highest BCUT2D eigenvalue weighted by atomic mass is 79.9. The first-order valence-electron chi connectivity index (χ1n) is 6.39. The van der Waals surface area contributed by atoms with E-state index in [9.17, 15) is 9.00 Å². The predicted molar refractivity (Wildman–Crippen MR) is 85.4 cm³/mol. The van der Waals surface area contributed by atoms with E-state index in [-0.39, 0.29) is 5.78 Å². The molecule has 0 aliphatic carbocycles. The van der Waals surface area contributed by atoms with Crippen LogP contribution in [0, 0.1) is 0 Å². The molecule has 0 aliphatic heterocycles. The molecule has 2 aromatic carbocycles. The van der Waals surface area contributed by atoms with Crippen LogP contribution < -0.4 is 0 Å². The van der Waals surface area contributed by atoms with Crippen molar-refractivity contribution in [2.24, 2.45) is 0 Å². The largest absolute Gasteiger partial charge is 0.294 e. The maximum atomic E-state index is 12.0. The lowest BCUT2D eigenvalue weighted by Crippen LogP contribution is -2.03. The van der Waals surface area contributed by atoms with E-state index in [4.69, 9.17) is 0 Å². The van der Waals surface area contributed by atoms with Crippen molar-refractivity contribution in [3.05, 3.63) is 64.6 Å². The molecule has 0 radical (unpaired) electrons. The highest BCUT2D eigenvalue weighted by Gasteiger charge is 2.08. The number of Topliss-reactive ketones (excluding diaryl/α,β-unsaturated/α-hetero) is 1. The molecule has 0 saturated heterocycles. The molecule has 0 saturated carbocycles. The molecule has 0 aromatic heterocycles. The minimum Gasteiger partial charge on any atom is -0.294 e. The van der Waals surface area contributed by atoms with E-state index in [0.29, 0.717) is 24.2 Å². The van der Waals surface area contributed by atoms with Crippen LogP contribution in [0.25, 0.3) is 0 Å². The van der Waals surface area contributed by atoms with Crippen molar-refractivity contribution in [2.45, 2.75) is 17.7 Å². The fraction of sp³-hybridized carbons (Fsp3) is 0.188. The molecule has 20 heavy (non-hydrogen) atoms. The van der Waals surface area contributed by atoms with E-state index in [0.717, 1.165) is 9.37 Å². The van der Waals surface area contributed by atoms with Crippen molar-refractivity contribution in [1.29, 1.82) is 0 Å². The summed E-state index contributed by atoms with van der Waals surface area (Å²) in [6.45, 7) is 0. The molecule has 1 unspecified atom stereocenters. The van der Waals surface area contributed by atoms with Crippen LogP contribution in [-0.4, -0.2) is 15.7 Å². The Morgan fingerprint density at radius 2 is 1.65 bits per heavy atom. The lowest BCUT2D eigenvalue weighted by atomic mass is 10.1. The van der Waals surface area contributed by atoms with Gasteiger partial charge in [-0.25, -0.2) is 0 Å². The fourth-order valence-corrected chi connectivity index (χ4v) is 3.20. The molecule has 2 rings (SSSR count). The van der Waals surface area contributed by atoms with Crippen LogP contribution in [0.2, 0.25) is 0 Å². The van der Waals surface area contributed by atoms with Gasteiger partial charge in [-0.3, -0.25) is 9.00 Å². The smallest absolute Gasteiger partial charge is 0.162 e. The molecule has 0 spiro atoms. The molecular weight excluding hydrogens is 336 g/mol. The maximum absolute atomic E-state index is 12.0. The molecule has 0 bridgehead atoms. The molecule has 0 heterocycles. The number of hydrogen-bond acceptors (Lipinski definition) is 2. The number of benzene rings is 2. The topological polar surface area (TPSA) is 34.1 Å². The lowest BCUT2D eigenvalue weighted by Gasteiger charge is -2.03. The normalized spacial score (nSPS) is 12.1. The second kappa shape index (κ2) is 7.50. The Morgan fingerprint density at radius 1 is 1.00 bits per heavy atom. The van der Waals surface area contributed by atoms with E-state index in [2.05, 4.69) is 15.9 Å². The molecule has 1 atom stereocenters. The highest BCUT2D eigenvalue weighted by molar-refractivity contribution is 9.10. The molecular formula is C16H15BrO2S. The molecule has 0 amide bonds. The molecule has 0 N–H and O–H groups in total. The first kappa shape index (κ1) is 15.1. The van der Waals surface area contributed by atoms with E-state index in [1.807, 2.05) is 42.5 Å². The van der Waals surface area contributed by atoms with Crippen LogP contribution in [0.5, 0.6) is 0 Å². The molecule has 104 valence electrons. The van der Waals surface area contributed by atoms with Crippen molar-refractivity contribution in [2.75, 3.05) is 5.75 Å². The van der Waals surface area contributed by atoms with Gasteiger partial charge in [0.15, 0.2) is 5.78 Å². The third-order valence-electron chi connectivity index (χ3n) is 2.91. The number of rotatable bonds is 6. The average molecular weight is 351 g/mol. The van der Waals surface area contributed by atoms with Crippen molar-refractivity contribution in [1.82, 2.24) is 0 Å². The second-order valence-electron chi connectivity index (χ2n) is 4.40. The second-order valence-corrected chi connectivity index (χ2v) is 6.88. The monoisotopic (exact) mass is 350 g/mol. The summed E-state index contributed by atoms with van der Waals surface area (Å²) < 4.78 is 13.0. The summed E-state index contributed by atoms with van der Waals surface area (Å²) in [5, 5.41) is 0. The Hall–Kier alpha value is -1.26. The summed E-state index contributed by atoms with van der Waals surface area (Å²) in [4.78, 5) is 12.8. The molecule has 0 fully saturated rings. The Kier molecular flexibility index (Phi) is 5.68. The SMILES string of the molecule is O=C(CCCS(=O)c1ccccc1)c1ccc(Br)cc1. The summed E-state index contributed by atoms with van der Waals surface area (Å²) in [6.07, 6.45) is 1.07. The van der Waals surface area contributed by atoms with Crippen molar-refractivity contribution in [3.63, 3.8) is 0 Å². The molecule has 2 aromatic rings. The van der Waals surface area contributed by atoms with Gasteiger partial charge >= 0.3 is 0 Å². The quantitative estimate of drug-likeness (QED) is 0.731. The standard InChI is InChI=1S/C16H15BrO2S/c17-14-10-8-13(9-11-14)16(18)7-4-12-20(19)15-5-2-1-3-6-15/h1-3,5-6,8-11H,4,7,12H2. The zero-order valence-corrected chi connectivity index (χ0v) is 13.3. The number of carbonyl (C=O) groups is 1. The van der Waals surface area contributed by atoms with E-state index < -0.39 is 10.8 Å². The van der Waals surface area contributed by atoms with Gasteiger partial charge in [-0.1, -0.05) is 46.3 Å². The van der Waals surface area contributed by atoms with Crippen molar-refractivity contribution < 1.29 is 9.00 Å². The van der Waals surface area contributed by atoms with Gasteiger partial charge in [-0.15, -0.1) is 0 Å². The summed E-state index contributed by atoms with van der Waals surface area (Å²) in [5.41, 5.74) is 0.707. The van der Waals surface area contributed by atoms with Gasteiger partial charge in [0.05, 0.1) is 10.8 Å². The highest BCUT2D eigenvalue weighted by Crippen LogP contribution is 2.13. The van der Waals surface area contributed by atoms with Gasteiger partial charge in [-0.2, -0.15) is 0 Å². The first-order chi connectivity index (χ1) is 9.66. The van der Waals surface area contributed by atoms with Gasteiger partial charge in [0.25, 0.3) is 0 Å². The Bertz CT molecular complexity index is 594. The van der Waals surface area contributed by atoms with Gasteiger partial charge in [0.1, 0.15) is 0 Å². The maximum Gasteiger partial charge on any atom is 0.162 e. The number of halogens is 1. The lowest BCUT2D eigenvalue weighted by molar-refractivity contribution is 0.0982. The van der Waals surface area contributed by atoms with Crippen LogP contribution in [-0.2, 0) is 10.8 Å². The third kappa shape index (κ3) is 4.39. The zero-order valence-electron chi connectivity index (χ0n) is 10.9. The van der Waals surface area contributed by atoms with E-state index in [1.165, 1.54) is 0 Å². The Balaban J connectivity index is 1.83. The first-order valence-corrected chi connectivity index (χ1v) is 8.50. The van der Waals surface area contributed by atoms with Crippen molar-refractivity contribution >= 4 is 32.5 Å². The van der Waals surface area contributed by atoms with E-state index in [1.54, 1.807) is 12.1 Å². The van der Waals surface area contributed by atoms with E-state index >= 15 is 0 Å². The van der Waals surface area contributed by atoms with Crippen LogP contribution in [0.15, 0.2) is 64.0 Å². The fourth-order valence-electron chi connectivity index (χ4n) is 1.83. The van der Waals surface area contributed by atoms with Gasteiger partial charge in [0, 0.05) is 27.1 Å². The molecule has 0 aliphatic rings. The Morgan fingerprint density at radius 3 is 2.30 bits per heavy atom. The average Bonchev–Trinajstić information content (AvgIpc) is 2.48. The molecule has 4 heteroatoms. The number of hydrogen-bond donors (Lipinski definition) is 0. The van der Waals surface area contributed by atoms with Gasteiger partial charge in [-0.05, 0) is 30.7 Å². The third-order valence-corrected chi connectivity index (χ3v) is 4.89. The summed E-state index contributed by atoms with van der Waals surface area (Å²) in [7, 11) is -1.02. The van der Waals surface area contributed by atoms with Gasteiger partial charge in [0.2, 0.25) is 0 Å². The van der Waals surface area contributed by atoms with Crippen LogP contribution >= 0.6 is 15.9 Å². The van der Waals surface area contributed by atoms with Gasteiger partial charge < -0.3 is 0 Å². The van der Waals surface area contributed by atoms with Crippen molar-refractivity contribution in [3.8, 4) is 0 Å². The predicted octanol–water partition coefficient (Wildman–Crippen LogP) is 4.22. The summed E-state index contributed by atoms with van der Waals surface area (Å²) in [6, 6.07) is 16.7. The Labute approximate surface area is 129 Å². The minimum atomic E-state index is -1.02. The minimum absolute atomic E-state index is 0.0996. The zero-order chi connectivity index (χ0) is 14.4. The number of carbonyl (C=O) groups excluding carboxylic acids is 1. The molecule has 2 nitrogen and oxygen atoms in total. The summed E-state index contributed by atoms with van der Waals surface area (Å²) in [5.74, 6) is 0.620. The van der Waals surface area contributed by atoms with Crippen LogP contribution in [0.4, 0.5) is 0 Å². The number of ketones is 1.